The smallest absolute Gasteiger partial charge is 0.207 e. The lowest BCUT2D eigenvalue weighted by Gasteiger charge is -2.08. The van der Waals surface area contributed by atoms with Gasteiger partial charge >= 0.3 is 0 Å². The number of rotatable bonds is 6. The van der Waals surface area contributed by atoms with Crippen molar-refractivity contribution in [1.82, 2.24) is 9.03 Å². The number of hydrogen-bond donors (Lipinski definition) is 1. The topological polar surface area (TPSA) is 83.6 Å². The van der Waals surface area contributed by atoms with Crippen molar-refractivity contribution in [3.63, 3.8) is 0 Å². The molecule has 2 aromatic carbocycles. The van der Waals surface area contributed by atoms with E-state index in [0.29, 0.717) is 4.88 Å². The molecule has 0 radical (unpaired) electrons. The normalized spacial score (nSPS) is 12.7. The molecule has 3 rings (SSSR count). The highest BCUT2D eigenvalue weighted by Gasteiger charge is 2.20. The summed E-state index contributed by atoms with van der Waals surface area (Å²) in [5.41, 5.74) is 0. The van der Waals surface area contributed by atoms with E-state index in [-0.39, 0.29) is 15.6 Å². The molecular formula is C17H18N2O4S3. The molecule has 0 amide bonds. The number of sulfonamides is 2. The number of hydrogen-bond acceptors (Lipinski definition) is 5. The first kappa shape index (κ1) is 19.0. The first-order valence-electron chi connectivity index (χ1n) is 7.70. The van der Waals surface area contributed by atoms with Gasteiger partial charge in [-0.3, -0.25) is 0 Å². The van der Waals surface area contributed by atoms with Crippen LogP contribution in [0.3, 0.4) is 0 Å². The zero-order chi connectivity index (χ0) is 18.9. The third kappa shape index (κ3) is 3.81. The van der Waals surface area contributed by atoms with Crippen LogP contribution in [0, 0.1) is 0 Å². The zero-order valence-electron chi connectivity index (χ0n) is 14.2. The third-order valence-electron chi connectivity index (χ3n) is 3.84. The maximum atomic E-state index is 12.5. The van der Waals surface area contributed by atoms with Crippen molar-refractivity contribution < 1.29 is 16.8 Å². The highest BCUT2D eigenvalue weighted by atomic mass is 32.2. The van der Waals surface area contributed by atoms with Crippen molar-refractivity contribution in [2.75, 3.05) is 14.1 Å². The van der Waals surface area contributed by atoms with Gasteiger partial charge in [-0.1, -0.05) is 30.3 Å². The lowest BCUT2D eigenvalue weighted by atomic mass is 10.1. The molecule has 0 unspecified atom stereocenters. The van der Waals surface area contributed by atoms with Crippen molar-refractivity contribution in [2.24, 2.45) is 0 Å². The lowest BCUT2D eigenvalue weighted by molar-refractivity contribution is 0.523. The molecule has 0 fully saturated rings. The Morgan fingerprint density at radius 3 is 2.31 bits per heavy atom. The van der Waals surface area contributed by atoms with E-state index in [2.05, 4.69) is 4.72 Å². The van der Waals surface area contributed by atoms with E-state index in [1.54, 1.807) is 24.3 Å². The lowest BCUT2D eigenvalue weighted by Crippen LogP contribution is -2.22. The highest BCUT2D eigenvalue weighted by Crippen LogP contribution is 2.24. The van der Waals surface area contributed by atoms with Crippen LogP contribution in [0.15, 0.2) is 63.7 Å². The summed E-state index contributed by atoms with van der Waals surface area (Å²) in [6.07, 6.45) is 0. The van der Waals surface area contributed by atoms with Crippen molar-refractivity contribution in [3.8, 4) is 0 Å². The van der Waals surface area contributed by atoms with E-state index < -0.39 is 20.0 Å². The summed E-state index contributed by atoms with van der Waals surface area (Å²) < 4.78 is 53.1. The van der Waals surface area contributed by atoms with E-state index in [0.717, 1.165) is 26.4 Å². The summed E-state index contributed by atoms with van der Waals surface area (Å²) >= 11 is 1.05. The molecule has 0 saturated carbocycles. The van der Waals surface area contributed by atoms with Gasteiger partial charge < -0.3 is 0 Å². The molecule has 0 aliphatic heterocycles. The van der Waals surface area contributed by atoms with Crippen molar-refractivity contribution in [3.05, 3.63) is 59.5 Å². The molecule has 26 heavy (non-hydrogen) atoms. The van der Waals surface area contributed by atoms with Crippen molar-refractivity contribution >= 4 is 42.2 Å². The number of fused-ring (bicyclic) bond motifs is 1. The van der Waals surface area contributed by atoms with Gasteiger partial charge in [-0.05, 0) is 35.0 Å². The summed E-state index contributed by atoms with van der Waals surface area (Å²) in [4.78, 5) is 0.795. The minimum Gasteiger partial charge on any atom is -0.207 e. The van der Waals surface area contributed by atoms with Crippen LogP contribution in [0.1, 0.15) is 4.88 Å². The quantitative estimate of drug-likeness (QED) is 0.677. The highest BCUT2D eigenvalue weighted by molar-refractivity contribution is 7.91. The monoisotopic (exact) mass is 410 g/mol. The number of thiophene rings is 1. The molecular weight excluding hydrogens is 392 g/mol. The fourth-order valence-corrected chi connectivity index (χ4v) is 5.95. The van der Waals surface area contributed by atoms with E-state index in [4.69, 9.17) is 0 Å². The van der Waals surface area contributed by atoms with Gasteiger partial charge in [0.05, 0.1) is 4.90 Å². The van der Waals surface area contributed by atoms with Crippen LogP contribution in [-0.2, 0) is 26.6 Å². The van der Waals surface area contributed by atoms with Gasteiger partial charge in [0.25, 0.3) is 10.0 Å². The average Bonchev–Trinajstić information content (AvgIpc) is 3.09. The van der Waals surface area contributed by atoms with Gasteiger partial charge in [0, 0.05) is 25.5 Å². The fraction of sp³-hybridized carbons (Fsp3) is 0.176. The first-order valence-corrected chi connectivity index (χ1v) is 11.4. The Balaban J connectivity index is 1.79. The maximum Gasteiger partial charge on any atom is 0.252 e. The molecule has 0 aliphatic rings. The molecule has 1 aromatic heterocycles. The molecule has 9 heteroatoms. The Hall–Kier alpha value is -1.78. The second-order valence-corrected chi connectivity index (χ2v) is 11.2. The average molecular weight is 411 g/mol. The molecule has 0 bridgehead atoms. The van der Waals surface area contributed by atoms with Crippen LogP contribution in [-0.4, -0.2) is 35.2 Å². The summed E-state index contributed by atoms with van der Waals surface area (Å²) in [5, 5.41) is 1.80. The van der Waals surface area contributed by atoms with Gasteiger partial charge in [-0.2, -0.15) is 0 Å². The van der Waals surface area contributed by atoms with E-state index in [9.17, 15) is 16.8 Å². The van der Waals surface area contributed by atoms with Crippen LogP contribution in [0.2, 0.25) is 0 Å². The molecule has 138 valence electrons. The Kier molecular flexibility index (Phi) is 5.18. The van der Waals surface area contributed by atoms with Crippen LogP contribution in [0.5, 0.6) is 0 Å². The summed E-state index contributed by atoms with van der Waals surface area (Å²) in [5.74, 6) is 0. The van der Waals surface area contributed by atoms with Gasteiger partial charge in [-0.15, -0.1) is 11.3 Å². The zero-order valence-corrected chi connectivity index (χ0v) is 16.7. The molecule has 3 aromatic rings. The molecule has 0 spiro atoms. The standard InChI is InChI=1S/C17H18N2O4S3/c1-19(2)26(22,23)17-10-8-15(24-17)12-18-25(20,21)16-9-7-13-5-3-4-6-14(13)11-16/h3-11,18H,12H2,1-2H3. The predicted molar refractivity (Wildman–Crippen MR) is 103 cm³/mol. The molecule has 1 N–H and O–H groups in total. The van der Waals surface area contributed by atoms with Gasteiger partial charge in [0.2, 0.25) is 10.0 Å². The van der Waals surface area contributed by atoms with Crippen LogP contribution in [0.4, 0.5) is 0 Å². The predicted octanol–water partition coefficient (Wildman–Crippen LogP) is 2.63. The van der Waals surface area contributed by atoms with Crippen molar-refractivity contribution in [2.45, 2.75) is 15.6 Å². The molecule has 0 saturated heterocycles. The minimum absolute atomic E-state index is 0.0305. The second-order valence-electron chi connectivity index (χ2n) is 5.84. The van der Waals surface area contributed by atoms with Gasteiger partial charge in [0.15, 0.2) is 0 Å². The van der Waals surface area contributed by atoms with Crippen LogP contribution >= 0.6 is 11.3 Å². The SMILES string of the molecule is CN(C)S(=O)(=O)c1ccc(CNS(=O)(=O)c2ccc3ccccc3c2)s1. The van der Waals surface area contributed by atoms with Gasteiger partial charge in [0.1, 0.15) is 4.21 Å². The largest absolute Gasteiger partial charge is 0.252 e. The Morgan fingerprint density at radius 2 is 1.62 bits per heavy atom. The molecule has 0 aliphatic carbocycles. The third-order valence-corrected chi connectivity index (χ3v) is 8.61. The number of benzene rings is 2. The summed E-state index contributed by atoms with van der Waals surface area (Å²) in [7, 11) is -4.30. The molecule has 0 atom stereocenters. The second kappa shape index (κ2) is 7.09. The minimum atomic E-state index is -3.70. The Morgan fingerprint density at radius 1 is 0.923 bits per heavy atom. The Bertz CT molecular complexity index is 1150. The molecule has 1 heterocycles. The summed E-state index contributed by atoms with van der Waals surface area (Å²) in [6.45, 7) is 0.0305. The van der Waals surface area contributed by atoms with Crippen molar-refractivity contribution in [1.29, 1.82) is 0 Å². The number of nitrogens with zero attached hydrogens (tertiary/aromatic N) is 1. The van der Waals surface area contributed by atoms with Gasteiger partial charge in [-0.25, -0.2) is 25.9 Å². The maximum absolute atomic E-state index is 12.5. The van der Waals surface area contributed by atoms with E-state index in [1.165, 1.54) is 20.2 Å². The van der Waals surface area contributed by atoms with E-state index in [1.807, 2.05) is 24.3 Å². The Labute approximate surface area is 157 Å². The molecule has 6 nitrogen and oxygen atoms in total. The fourth-order valence-electron chi connectivity index (χ4n) is 2.36. The van der Waals surface area contributed by atoms with E-state index >= 15 is 0 Å². The summed E-state index contributed by atoms with van der Waals surface area (Å²) in [6, 6.07) is 15.6. The first-order chi connectivity index (χ1) is 12.2. The van der Waals surface area contributed by atoms with Crippen LogP contribution < -0.4 is 4.72 Å². The number of nitrogens with one attached hydrogen (secondary N) is 1. The van der Waals surface area contributed by atoms with Crippen LogP contribution in [0.25, 0.3) is 10.8 Å².